The maximum absolute atomic E-state index is 11.7. The summed E-state index contributed by atoms with van der Waals surface area (Å²) in [6.07, 6.45) is 0.534. The maximum atomic E-state index is 11.7. The molecule has 0 heterocycles. The molecule has 0 aliphatic rings. The van der Waals surface area contributed by atoms with Gasteiger partial charge in [0.15, 0.2) is 0 Å². The molecule has 4 nitrogen and oxygen atoms in total. The number of carbonyl (C=O) groups excluding carboxylic acids is 1. The molecule has 1 atom stereocenters. The van der Waals surface area contributed by atoms with Gasteiger partial charge in [-0.2, -0.15) is 0 Å². The molecule has 15 heavy (non-hydrogen) atoms. The Morgan fingerprint density at radius 2 is 2.07 bits per heavy atom. The predicted octanol–water partition coefficient (Wildman–Crippen LogP) is 0.727. The Morgan fingerprint density at radius 1 is 1.60 bits per heavy atom. The van der Waals surface area contributed by atoms with Gasteiger partial charge >= 0.3 is 0 Å². The molecule has 0 fully saturated rings. The second-order valence-corrected chi connectivity index (χ2v) is 4.51. The smallest absolute Gasteiger partial charge is 0.269 e. The topological polar surface area (TPSA) is 52.6 Å². The van der Waals surface area contributed by atoms with Crippen molar-refractivity contribution in [1.82, 2.24) is 10.2 Å². The van der Waals surface area contributed by atoms with Crippen molar-refractivity contribution in [1.29, 1.82) is 0 Å². The molecule has 2 N–H and O–H groups in total. The number of carbonyl (C=O) groups is 1. The Balaban J connectivity index is 4.38. The Bertz CT molecular complexity index is 243. The Kier molecular flexibility index (Phi) is 4.81. The number of hydrogen-bond acceptors (Lipinski definition) is 3. The first-order valence-corrected chi connectivity index (χ1v) is 5.05. The summed E-state index contributed by atoms with van der Waals surface area (Å²) in [6.45, 7) is 8.97. The van der Waals surface area contributed by atoms with Gasteiger partial charge in [-0.3, -0.25) is 4.79 Å². The van der Waals surface area contributed by atoms with Crippen molar-refractivity contribution in [2.24, 2.45) is 0 Å². The molecule has 0 unspecified atom stereocenters. The van der Waals surface area contributed by atoms with Crippen LogP contribution in [-0.2, 0) is 4.79 Å². The molecule has 0 rings (SSSR count). The van der Waals surface area contributed by atoms with E-state index in [0.717, 1.165) is 0 Å². The second kappa shape index (κ2) is 5.16. The van der Waals surface area contributed by atoms with Gasteiger partial charge in [0, 0.05) is 20.1 Å². The van der Waals surface area contributed by atoms with Gasteiger partial charge in [0.2, 0.25) is 0 Å². The fraction of sp³-hybridized carbons (Fsp3) is 0.727. The Hall–Kier alpha value is -1.03. The van der Waals surface area contributed by atoms with E-state index in [9.17, 15) is 9.90 Å². The highest BCUT2D eigenvalue weighted by molar-refractivity contribution is 5.92. The van der Waals surface area contributed by atoms with Gasteiger partial charge in [-0.05, 0) is 27.2 Å². The summed E-state index contributed by atoms with van der Waals surface area (Å²) in [5.41, 5.74) is -0.408. The first kappa shape index (κ1) is 14.0. The van der Waals surface area contributed by atoms with Crippen LogP contribution >= 0.6 is 0 Å². The molecule has 0 bridgehead atoms. The minimum Gasteiger partial charge on any atom is -0.390 e. The van der Waals surface area contributed by atoms with E-state index in [0.29, 0.717) is 12.1 Å². The van der Waals surface area contributed by atoms with Crippen molar-refractivity contribution in [2.75, 3.05) is 14.1 Å². The molecule has 0 saturated carbocycles. The summed E-state index contributed by atoms with van der Waals surface area (Å²) < 4.78 is 0. The van der Waals surface area contributed by atoms with Crippen LogP contribution in [0.3, 0.4) is 0 Å². The highest BCUT2D eigenvalue weighted by Gasteiger charge is 2.23. The lowest BCUT2D eigenvalue weighted by Crippen LogP contribution is -2.41. The van der Waals surface area contributed by atoms with Crippen LogP contribution in [0.15, 0.2) is 12.3 Å². The second-order valence-electron chi connectivity index (χ2n) is 4.51. The number of aliphatic hydroxyl groups is 1. The van der Waals surface area contributed by atoms with Crippen molar-refractivity contribution >= 4 is 5.91 Å². The maximum Gasteiger partial charge on any atom is 0.269 e. The van der Waals surface area contributed by atoms with Crippen molar-refractivity contribution in [3.63, 3.8) is 0 Å². The highest BCUT2D eigenvalue weighted by Crippen LogP contribution is 2.15. The van der Waals surface area contributed by atoms with E-state index in [1.54, 1.807) is 32.8 Å². The number of likely N-dealkylation sites (N-methyl/N-ethyl adjacent to an activating group) is 2. The van der Waals surface area contributed by atoms with E-state index < -0.39 is 5.60 Å². The molecule has 4 heteroatoms. The van der Waals surface area contributed by atoms with E-state index >= 15 is 0 Å². The molecule has 1 amide bonds. The van der Waals surface area contributed by atoms with E-state index in [-0.39, 0.29) is 11.9 Å². The summed E-state index contributed by atoms with van der Waals surface area (Å²) in [4.78, 5) is 13.3. The van der Waals surface area contributed by atoms with Crippen LogP contribution in [0.5, 0.6) is 0 Å². The fourth-order valence-electron chi connectivity index (χ4n) is 1.38. The summed E-state index contributed by atoms with van der Waals surface area (Å²) in [5, 5.41) is 12.4. The zero-order valence-corrected chi connectivity index (χ0v) is 10.3. The standard InChI is InChI=1S/C11H22N2O2/c1-8(7-11(3,4)15)13(6)10(14)9(2)12-5/h8,12,15H,2,7H2,1,3-6H3/t8-/m1/s1. The molecule has 0 aliphatic carbocycles. The van der Waals surface area contributed by atoms with Gasteiger partial charge in [-0.25, -0.2) is 0 Å². The average Bonchev–Trinajstić information content (AvgIpc) is 2.11. The average molecular weight is 214 g/mol. The van der Waals surface area contributed by atoms with Crippen molar-refractivity contribution in [3.8, 4) is 0 Å². The fourth-order valence-corrected chi connectivity index (χ4v) is 1.38. The van der Waals surface area contributed by atoms with Crippen LogP contribution in [0.4, 0.5) is 0 Å². The molecule has 0 aromatic carbocycles. The molecular weight excluding hydrogens is 192 g/mol. The van der Waals surface area contributed by atoms with E-state index in [4.69, 9.17) is 0 Å². The number of nitrogens with zero attached hydrogens (tertiary/aromatic N) is 1. The Morgan fingerprint density at radius 3 is 2.40 bits per heavy atom. The number of nitrogens with one attached hydrogen (secondary N) is 1. The molecule has 0 aromatic heterocycles. The van der Waals surface area contributed by atoms with Crippen molar-refractivity contribution in [2.45, 2.75) is 38.8 Å². The zero-order valence-electron chi connectivity index (χ0n) is 10.3. The minimum atomic E-state index is -0.769. The number of hydrogen-bond donors (Lipinski definition) is 2. The lowest BCUT2D eigenvalue weighted by atomic mass is 9.99. The number of amides is 1. The largest absolute Gasteiger partial charge is 0.390 e. The van der Waals surface area contributed by atoms with Gasteiger partial charge in [0.05, 0.1) is 11.3 Å². The number of rotatable bonds is 5. The van der Waals surface area contributed by atoms with Crippen molar-refractivity contribution in [3.05, 3.63) is 12.3 Å². The first-order valence-electron chi connectivity index (χ1n) is 5.05. The van der Waals surface area contributed by atoms with Gasteiger partial charge in [-0.15, -0.1) is 0 Å². The monoisotopic (exact) mass is 214 g/mol. The summed E-state index contributed by atoms with van der Waals surface area (Å²) in [7, 11) is 3.37. The van der Waals surface area contributed by atoms with Crippen LogP contribution in [0.2, 0.25) is 0 Å². The lowest BCUT2D eigenvalue weighted by molar-refractivity contribution is -0.128. The molecular formula is C11H22N2O2. The summed E-state index contributed by atoms with van der Waals surface area (Å²) in [6, 6.07) is -0.0254. The minimum absolute atomic E-state index is 0.0254. The van der Waals surface area contributed by atoms with Gasteiger partial charge in [0.25, 0.3) is 5.91 Å². The predicted molar refractivity (Wildman–Crippen MR) is 61.3 cm³/mol. The van der Waals surface area contributed by atoms with Crippen molar-refractivity contribution < 1.29 is 9.90 Å². The van der Waals surface area contributed by atoms with Crippen LogP contribution in [0.1, 0.15) is 27.2 Å². The van der Waals surface area contributed by atoms with E-state index in [2.05, 4.69) is 11.9 Å². The first-order chi connectivity index (χ1) is 6.69. The van der Waals surface area contributed by atoms with Crippen LogP contribution in [-0.4, -0.2) is 41.7 Å². The zero-order chi connectivity index (χ0) is 12.2. The molecule has 0 radical (unpaired) electrons. The van der Waals surface area contributed by atoms with Gasteiger partial charge in [-0.1, -0.05) is 6.58 Å². The van der Waals surface area contributed by atoms with Crippen LogP contribution in [0.25, 0.3) is 0 Å². The van der Waals surface area contributed by atoms with E-state index in [1.807, 2.05) is 6.92 Å². The molecule has 88 valence electrons. The molecule has 0 aliphatic heterocycles. The van der Waals surface area contributed by atoms with Gasteiger partial charge in [0.1, 0.15) is 0 Å². The normalized spacial score (nSPS) is 13.2. The molecule has 0 aromatic rings. The third kappa shape index (κ3) is 4.83. The highest BCUT2D eigenvalue weighted by atomic mass is 16.3. The molecule has 0 saturated heterocycles. The molecule has 0 spiro atoms. The summed E-state index contributed by atoms with van der Waals surface area (Å²) in [5.74, 6) is -0.144. The Labute approximate surface area is 92.0 Å². The van der Waals surface area contributed by atoms with Crippen LogP contribution < -0.4 is 5.32 Å². The SMILES string of the molecule is C=C(NC)C(=O)N(C)[C@H](C)CC(C)(C)O. The third-order valence-corrected chi connectivity index (χ3v) is 2.34. The van der Waals surface area contributed by atoms with Gasteiger partial charge < -0.3 is 15.3 Å². The van der Waals surface area contributed by atoms with Crippen LogP contribution in [0, 0.1) is 0 Å². The quantitative estimate of drug-likeness (QED) is 0.663. The summed E-state index contributed by atoms with van der Waals surface area (Å²) >= 11 is 0. The third-order valence-electron chi connectivity index (χ3n) is 2.34. The lowest BCUT2D eigenvalue weighted by Gasteiger charge is -2.30. The van der Waals surface area contributed by atoms with E-state index in [1.165, 1.54) is 0 Å².